The van der Waals surface area contributed by atoms with E-state index in [4.69, 9.17) is 4.98 Å². The summed E-state index contributed by atoms with van der Waals surface area (Å²) in [5.41, 5.74) is 4.52. The third-order valence-electron chi connectivity index (χ3n) is 3.87. The van der Waals surface area contributed by atoms with Crippen LogP contribution < -0.4 is 0 Å². The van der Waals surface area contributed by atoms with Gasteiger partial charge < -0.3 is 4.98 Å². The molecule has 1 N–H and O–H groups in total. The molecule has 1 aliphatic rings. The first-order chi connectivity index (χ1) is 9.31. The van der Waals surface area contributed by atoms with Crippen LogP contribution >= 0.6 is 11.3 Å². The largest absolute Gasteiger partial charge is 0.340 e. The fraction of sp³-hybridized carbons (Fsp3) is 0.333. The van der Waals surface area contributed by atoms with Crippen molar-refractivity contribution < 1.29 is 0 Å². The third kappa shape index (κ3) is 1.78. The molecule has 0 amide bonds. The molecule has 19 heavy (non-hydrogen) atoms. The van der Waals surface area contributed by atoms with Gasteiger partial charge in [-0.05, 0) is 54.8 Å². The Labute approximate surface area is 115 Å². The number of thiophene rings is 1. The number of hydrogen-bond acceptors (Lipinski definition) is 3. The van der Waals surface area contributed by atoms with E-state index in [0.29, 0.717) is 5.92 Å². The summed E-state index contributed by atoms with van der Waals surface area (Å²) >= 11 is 1.88. The molecule has 0 spiro atoms. The van der Waals surface area contributed by atoms with Crippen molar-refractivity contribution in [1.82, 2.24) is 15.0 Å². The quantitative estimate of drug-likeness (QED) is 0.730. The molecule has 3 aromatic rings. The Balaban J connectivity index is 1.83. The van der Waals surface area contributed by atoms with Crippen molar-refractivity contribution in [3.05, 3.63) is 45.5 Å². The summed E-state index contributed by atoms with van der Waals surface area (Å²) in [6.07, 6.45) is 5.54. The molecular formula is C15H15N3S. The lowest BCUT2D eigenvalue weighted by Gasteiger charge is -2.20. The average Bonchev–Trinajstić information content (AvgIpc) is 3.03. The van der Waals surface area contributed by atoms with Gasteiger partial charge in [-0.2, -0.15) is 0 Å². The second-order valence-electron chi connectivity index (χ2n) is 5.25. The Bertz CT molecular complexity index is 741. The lowest BCUT2D eigenvalue weighted by molar-refractivity contribution is 0.604. The van der Waals surface area contributed by atoms with E-state index >= 15 is 0 Å². The molecule has 1 atom stereocenters. The molecule has 3 nitrogen and oxygen atoms in total. The zero-order valence-corrected chi connectivity index (χ0v) is 11.6. The number of nitrogens with one attached hydrogen (secondary N) is 1. The van der Waals surface area contributed by atoms with Gasteiger partial charge in [-0.15, -0.1) is 11.3 Å². The van der Waals surface area contributed by atoms with Crippen molar-refractivity contribution >= 4 is 22.5 Å². The maximum Gasteiger partial charge on any atom is 0.177 e. The van der Waals surface area contributed by atoms with E-state index in [2.05, 4.69) is 34.4 Å². The fourth-order valence-corrected chi connectivity index (χ4v) is 3.95. The Morgan fingerprint density at radius 2 is 2.37 bits per heavy atom. The topological polar surface area (TPSA) is 41.6 Å². The van der Waals surface area contributed by atoms with Crippen LogP contribution in [0.25, 0.3) is 11.2 Å². The van der Waals surface area contributed by atoms with Crippen molar-refractivity contribution in [3.8, 4) is 0 Å². The molecule has 1 aliphatic carbocycles. The highest BCUT2D eigenvalue weighted by Gasteiger charge is 2.25. The fourth-order valence-electron chi connectivity index (χ4n) is 2.96. The number of aryl methyl sites for hydroxylation is 2. The first kappa shape index (κ1) is 11.2. The molecule has 3 aromatic heterocycles. The summed E-state index contributed by atoms with van der Waals surface area (Å²) in [7, 11) is 0. The normalized spacial score (nSPS) is 18.7. The predicted molar refractivity (Wildman–Crippen MR) is 77.7 cm³/mol. The number of aromatic amines is 1. The van der Waals surface area contributed by atoms with E-state index < -0.39 is 0 Å². The molecule has 0 saturated heterocycles. The maximum atomic E-state index is 4.69. The Kier molecular flexibility index (Phi) is 2.45. The number of imidazole rings is 1. The van der Waals surface area contributed by atoms with Crippen molar-refractivity contribution in [2.45, 2.75) is 32.1 Å². The summed E-state index contributed by atoms with van der Waals surface area (Å²) in [6.45, 7) is 2.06. The molecule has 0 saturated carbocycles. The van der Waals surface area contributed by atoms with Crippen molar-refractivity contribution in [1.29, 1.82) is 0 Å². The number of aromatic nitrogens is 3. The molecule has 4 rings (SSSR count). The second kappa shape index (κ2) is 4.17. The molecule has 0 bridgehead atoms. The average molecular weight is 269 g/mol. The molecule has 3 heterocycles. The van der Waals surface area contributed by atoms with Crippen LogP contribution in [0.2, 0.25) is 0 Å². The summed E-state index contributed by atoms with van der Waals surface area (Å²) in [4.78, 5) is 14.1. The monoisotopic (exact) mass is 269 g/mol. The highest BCUT2D eigenvalue weighted by atomic mass is 32.1. The van der Waals surface area contributed by atoms with Gasteiger partial charge in [0.05, 0.1) is 5.52 Å². The standard InChI is InChI=1S/C15H15N3S/c1-9-7-12-15(16-8-9)18-14(17-12)11-3-2-4-13-10(11)5-6-19-13/h5-8,11H,2-4H2,1H3,(H,16,17,18). The molecule has 0 fully saturated rings. The van der Waals surface area contributed by atoms with Crippen molar-refractivity contribution in [3.63, 3.8) is 0 Å². The lowest BCUT2D eigenvalue weighted by atomic mass is 9.87. The van der Waals surface area contributed by atoms with Gasteiger partial charge in [0.2, 0.25) is 0 Å². The van der Waals surface area contributed by atoms with E-state index in [9.17, 15) is 0 Å². The molecule has 0 aliphatic heterocycles. The predicted octanol–water partition coefficient (Wildman–Crippen LogP) is 3.80. The van der Waals surface area contributed by atoms with Crippen LogP contribution in [0.15, 0.2) is 23.7 Å². The smallest absolute Gasteiger partial charge is 0.177 e. The molecule has 4 heteroatoms. The zero-order valence-electron chi connectivity index (χ0n) is 10.8. The van der Waals surface area contributed by atoms with Gasteiger partial charge >= 0.3 is 0 Å². The van der Waals surface area contributed by atoms with Crippen LogP contribution in [0, 0.1) is 6.92 Å². The number of fused-ring (bicyclic) bond motifs is 2. The van der Waals surface area contributed by atoms with Crippen LogP contribution in [0.3, 0.4) is 0 Å². The molecule has 0 aromatic carbocycles. The number of pyridine rings is 1. The Hall–Kier alpha value is -1.68. The molecule has 1 unspecified atom stereocenters. The van der Waals surface area contributed by atoms with Gasteiger partial charge in [0.15, 0.2) is 5.65 Å². The highest BCUT2D eigenvalue weighted by molar-refractivity contribution is 7.10. The van der Waals surface area contributed by atoms with Gasteiger partial charge in [0, 0.05) is 17.0 Å². The molecule has 96 valence electrons. The number of hydrogen-bond donors (Lipinski definition) is 1. The minimum atomic E-state index is 0.421. The van der Waals surface area contributed by atoms with Crippen LogP contribution in [0.4, 0.5) is 0 Å². The van der Waals surface area contributed by atoms with Crippen LogP contribution in [-0.4, -0.2) is 15.0 Å². The zero-order chi connectivity index (χ0) is 12.8. The minimum Gasteiger partial charge on any atom is -0.340 e. The van der Waals surface area contributed by atoms with Crippen LogP contribution in [0.1, 0.15) is 40.6 Å². The lowest BCUT2D eigenvalue weighted by Crippen LogP contribution is -2.09. The van der Waals surface area contributed by atoms with E-state index in [0.717, 1.165) is 17.0 Å². The van der Waals surface area contributed by atoms with Crippen molar-refractivity contribution in [2.24, 2.45) is 0 Å². The van der Waals surface area contributed by atoms with E-state index in [1.165, 1.54) is 35.3 Å². The van der Waals surface area contributed by atoms with E-state index in [-0.39, 0.29) is 0 Å². The summed E-state index contributed by atoms with van der Waals surface area (Å²) < 4.78 is 0. The van der Waals surface area contributed by atoms with E-state index in [1.807, 2.05) is 17.5 Å². The van der Waals surface area contributed by atoms with Gasteiger partial charge in [-0.25, -0.2) is 9.97 Å². The van der Waals surface area contributed by atoms with Gasteiger partial charge in [-0.3, -0.25) is 0 Å². The summed E-state index contributed by atoms with van der Waals surface area (Å²) in [6, 6.07) is 4.38. The Morgan fingerprint density at radius 3 is 3.32 bits per heavy atom. The highest BCUT2D eigenvalue weighted by Crippen LogP contribution is 2.38. The van der Waals surface area contributed by atoms with Gasteiger partial charge in [-0.1, -0.05) is 0 Å². The van der Waals surface area contributed by atoms with Gasteiger partial charge in [0.25, 0.3) is 0 Å². The first-order valence-electron chi connectivity index (χ1n) is 6.70. The minimum absolute atomic E-state index is 0.421. The first-order valence-corrected chi connectivity index (χ1v) is 7.58. The SMILES string of the molecule is Cc1cnc2nc(C3CCCc4sccc43)[nH]c2c1. The summed E-state index contributed by atoms with van der Waals surface area (Å²) in [5.74, 6) is 1.50. The van der Waals surface area contributed by atoms with E-state index in [1.54, 1.807) is 0 Å². The molecule has 0 radical (unpaired) electrons. The van der Waals surface area contributed by atoms with Crippen LogP contribution in [-0.2, 0) is 6.42 Å². The summed E-state index contributed by atoms with van der Waals surface area (Å²) in [5, 5.41) is 2.20. The number of rotatable bonds is 1. The number of H-pyrrole nitrogens is 1. The van der Waals surface area contributed by atoms with Gasteiger partial charge in [0.1, 0.15) is 5.82 Å². The second-order valence-corrected chi connectivity index (χ2v) is 6.25. The Morgan fingerprint density at radius 1 is 1.42 bits per heavy atom. The molecular weight excluding hydrogens is 254 g/mol. The third-order valence-corrected chi connectivity index (χ3v) is 4.87. The maximum absolute atomic E-state index is 4.69. The number of nitrogens with zero attached hydrogens (tertiary/aromatic N) is 2. The van der Waals surface area contributed by atoms with Crippen molar-refractivity contribution in [2.75, 3.05) is 0 Å². The van der Waals surface area contributed by atoms with Crippen LogP contribution in [0.5, 0.6) is 0 Å².